The summed E-state index contributed by atoms with van der Waals surface area (Å²) in [5, 5.41) is 3.61. The first-order valence-electron chi connectivity index (χ1n) is 5.75. The van der Waals surface area contributed by atoms with E-state index in [9.17, 15) is 0 Å². The Morgan fingerprint density at radius 2 is 2.14 bits per heavy atom. The number of rotatable bonds is 4. The summed E-state index contributed by atoms with van der Waals surface area (Å²) >= 11 is 0. The molecule has 2 unspecified atom stereocenters. The van der Waals surface area contributed by atoms with Crippen LogP contribution in [0, 0.1) is 0 Å². The van der Waals surface area contributed by atoms with Gasteiger partial charge in [0, 0.05) is 31.7 Å². The van der Waals surface area contributed by atoms with E-state index in [1.54, 1.807) is 0 Å². The maximum Gasteiger partial charge on any atom is 0.0323 e. The number of nitrogens with zero attached hydrogens (tertiary/aromatic N) is 2. The number of likely N-dealkylation sites (N-methyl/N-ethyl adjacent to an activating group) is 1. The minimum Gasteiger partial charge on any atom is -0.310 e. The van der Waals surface area contributed by atoms with Crippen LogP contribution in [-0.2, 0) is 0 Å². The molecule has 0 aromatic rings. The average molecular weight is 199 g/mol. The lowest BCUT2D eigenvalue weighted by molar-refractivity contribution is 0.128. The van der Waals surface area contributed by atoms with Gasteiger partial charge in [0.15, 0.2) is 0 Å². The summed E-state index contributed by atoms with van der Waals surface area (Å²) in [5.41, 5.74) is 0. The number of hydrogen-bond donors (Lipinski definition) is 1. The molecule has 84 valence electrons. The number of nitrogens with one attached hydrogen (secondary N) is 1. The van der Waals surface area contributed by atoms with Crippen molar-refractivity contribution < 1.29 is 0 Å². The molecule has 3 nitrogen and oxygen atoms in total. The molecule has 2 atom stereocenters. The van der Waals surface area contributed by atoms with Crippen molar-refractivity contribution in [3.8, 4) is 0 Å². The van der Waals surface area contributed by atoms with Gasteiger partial charge in [0.1, 0.15) is 0 Å². The second-order valence-corrected chi connectivity index (χ2v) is 4.71. The third-order valence-corrected chi connectivity index (χ3v) is 2.88. The predicted molar refractivity (Wildman–Crippen MR) is 61.7 cm³/mol. The van der Waals surface area contributed by atoms with E-state index in [4.69, 9.17) is 0 Å². The van der Waals surface area contributed by atoms with Crippen LogP contribution in [0.4, 0.5) is 0 Å². The lowest BCUT2D eigenvalue weighted by Gasteiger charge is -2.39. The zero-order chi connectivity index (χ0) is 10.6. The zero-order valence-corrected chi connectivity index (χ0v) is 10.1. The van der Waals surface area contributed by atoms with Crippen LogP contribution in [0.3, 0.4) is 0 Å². The van der Waals surface area contributed by atoms with Crippen molar-refractivity contribution in [2.45, 2.75) is 32.4 Å². The molecule has 3 heteroatoms. The van der Waals surface area contributed by atoms with Gasteiger partial charge in [-0.3, -0.25) is 4.90 Å². The Bertz CT molecular complexity index is 159. The molecule has 0 radical (unpaired) electrons. The second-order valence-electron chi connectivity index (χ2n) is 4.71. The van der Waals surface area contributed by atoms with Gasteiger partial charge in [-0.25, -0.2) is 0 Å². The topological polar surface area (TPSA) is 18.5 Å². The normalized spacial score (nSPS) is 29.8. The first-order valence-corrected chi connectivity index (χ1v) is 5.75. The standard InChI is InChI=1S/C11H25N3/c1-5-6-14-9-11(8-13(3)4)12-7-10(14)2/h10-12H,5-9H2,1-4H3. The predicted octanol–water partition coefficient (Wildman–Crippen LogP) is 0.620. The van der Waals surface area contributed by atoms with E-state index >= 15 is 0 Å². The average Bonchev–Trinajstić information content (AvgIpc) is 2.10. The van der Waals surface area contributed by atoms with Crippen LogP contribution in [0.25, 0.3) is 0 Å². The molecule has 1 aliphatic heterocycles. The Morgan fingerprint density at radius 1 is 1.43 bits per heavy atom. The van der Waals surface area contributed by atoms with Crippen LogP contribution in [0.2, 0.25) is 0 Å². The highest BCUT2D eigenvalue weighted by Gasteiger charge is 2.23. The maximum absolute atomic E-state index is 3.61. The van der Waals surface area contributed by atoms with Crippen molar-refractivity contribution in [3.63, 3.8) is 0 Å². The number of piperazine rings is 1. The van der Waals surface area contributed by atoms with Crippen molar-refractivity contribution in [2.75, 3.05) is 40.3 Å². The molecular formula is C11H25N3. The quantitative estimate of drug-likeness (QED) is 0.716. The van der Waals surface area contributed by atoms with Gasteiger partial charge in [-0.1, -0.05) is 6.92 Å². The first-order chi connectivity index (χ1) is 6.63. The summed E-state index contributed by atoms with van der Waals surface area (Å²) < 4.78 is 0. The summed E-state index contributed by atoms with van der Waals surface area (Å²) in [5.74, 6) is 0. The SMILES string of the molecule is CCCN1CC(CN(C)C)NCC1C. The summed E-state index contributed by atoms with van der Waals surface area (Å²) in [4.78, 5) is 4.86. The molecule has 0 saturated carbocycles. The first kappa shape index (κ1) is 12.0. The molecule has 0 aliphatic carbocycles. The van der Waals surface area contributed by atoms with Crippen molar-refractivity contribution in [2.24, 2.45) is 0 Å². The number of hydrogen-bond acceptors (Lipinski definition) is 3. The van der Waals surface area contributed by atoms with Crippen LogP contribution in [0.5, 0.6) is 0 Å². The Kier molecular flexibility index (Phi) is 4.85. The highest BCUT2D eigenvalue weighted by molar-refractivity contribution is 4.84. The highest BCUT2D eigenvalue weighted by atomic mass is 15.2. The smallest absolute Gasteiger partial charge is 0.0323 e. The summed E-state index contributed by atoms with van der Waals surface area (Å²) in [6.07, 6.45) is 1.26. The molecule has 1 aliphatic rings. The molecule has 0 aromatic heterocycles. The van der Waals surface area contributed by atoms with Crippen molar-refractivity contribution in [1.29, 1.82) is 0 Å². The Labute approximate surface area is 88.5 Å². The van der Waals surface area contributed by atoms with Gasteiger partial charge < -0.3 is 10.2 Å². The second kappa shape index (κ2) is 5.69. The van der Waals surface area contributed by atoms with E-state index in [-0.39, 0.29) is 0 Å². The third kappa shape index (κ3) is 3.56. The molecule has 0 aromatic carbocycles. The van der Waals surface area contributed by atoms with E-state index in [1.165, 1.54) is 19.5 Å². The molecule has 1 N–H and O–H groups in total. The fourth-order valence-corrected chi connectivity index (χ4v) is 2.16. The Balaban J connectivity index is 2.36. The van der Waals surface area contributed by atoms with Gasteiger partial charge >= 0.3 is 0 Å². The molecule has 1 rings (SSSR count). The lowest BCUT2D eigenvalue weighted by Crippen LogP contribution is -2.58. The van der Waals surface area contributed by atoms with Crippen molar-refractivity contribution in [1.82, 2.24) is 15.1 Å². The van der Waals surface area contributed by atoms with Gasteiger partial charge in [0.2, 0.25) is 0 Å². The van der Waals surface area contributed by atoms with Crippen LogP contribution in [0.1, 0.15) is 20.3 Å². The van der Waals surface area contributed by atoms with E-state index in [1.807, 2.05) is 0 Å². The summed E-state index contributed by atoms with van der Waals surface area (Å²) in [7, 11) is 4.29. The fourth-order valence-electron chi connectivity index (χ4n) is 2.16. The van der Waals surface area contributed by atoms with Crippen LogP contribution >= 0.6 is 0 Å². The lowest BCUT2D eigenvalue weighted by atomic mass is 10.1. The molecule has 0 amide bonds. The van der Waals surface area contributed by atoms with Crippen LogP contribution in [0.15, 0.2) is 0 Å². The fraction of sp³-hybridized carbons (Fsp3) is 1.00. The molecule has 14 heavy (non-hydrogen) atoms. The van der Waals surface area contributed by atoms with Gasteiger partial charge in [-0.05, 0) is 34.0 Å². The van der Waals surface area contributed by atoms with Crippen molar-refractivity contribution in [3.05, 3.63) is 0 Å². The molecule has 0 spiro atoms. The van der Waals surface area contributed by atoms with Crippen LogP contribution in [-0.4, -0.2) is 62.2 Å². The van der Waals surface area contributed by atoms with E-state index in [0.29, 0.717) is 12.1 Å². The largest absolute Gasteiger partial charge is 0.310 e. The third-order valence-electron chi connectivity index (χ3n) is 2.88. The maximum atomic E-state index is 3.61. The Hall–Kier alpha value is -0.120. The van der Waals surface area contributed by atoms with E-state index < -0.39 is 0 Å². The van der Waals surface area contributed by atoms with E-state index in [2.05, 4.69) is 43.1 Å². The highest BCUT2D eigenvalue weighted by Crippen LogP contribution is 2.07. The molecule has 1 heterocycles. The molecule has 1 fully saturated rings. The van der Waals surface area contributed by atoms with Crippen LogP contribution < -0.4 is 5.32 Å². The van der Waals surface area contributed by atoms with Crippen molar-refractivity contribution >= 4 is 0 Å². The molecular weight excluding hydrogens is 174 g/mol. The van der Waals surface area contributed by atoms with Gasteiger partial charge in [0.05, 0.1) is 0 Å². The summed E-state index contributed by atoms with van der Waals surface area (Å²) in [6, 6.07) is 1.35. The minimum absolute atomic E-state index is 0.646. The molecule has 1 saturated heterocycles. The summed E-state index contributed by atoms with van der Waals surface area (Å²) in [6.45, 7) is 9.30. The monoisotopic (exact) mass is 199 g/mol. The van der Waals surface area contributed by atoms with Gasteiger partial charge in [-0.15, -0.1) is 0 Å². The molecule has 0 bridgehead atoms. The van der Waals surface area contributed by atoms with E-state index in [0.717, 1.165) is 13.1 Å². The Morgan fingerprint density at radius 3 is 2.71 bits per heavy atom. The zero-order valence-electron chi connectivity index (χ0n) is 10.1. The van der Waals surface area contributed by atoms with Gasteiger partial charge in [0.25, 0.3) is 0 Å². The van der Waals surface area contributed by atoms with Gasteiger partial charge in [-0.2, -0.15) is 0 Å². The minimum atomic E-state index is 0.646.